The maximum atomic E-state index is 12.7. The van der Waals surface area contributed by atoms with Gasteiger partial charge in [-0.1, -0.05) is 24.3 Å². The molecule has 1 heterocycles. The van der Waals surface area contributed by atoms with E-state index in [9.17, 15) is 4.79 Å². The van der Waals surface area contributed by atoms with Gasteiger partial charge in [-0.15, -0.1) is 0 Å². The zero-order valence-corrected chi connectivity index (χ0v) is 16.6. The van der Waals surface area contributed by atoms with E-state index in [2.05, 4.69) is 11.4 Å². The third-order valence-electron chi connectivity index (χ3n) is 5.03. The van der Waals surface area contributed by atoms with Crippen LogP contribution >= 0.6 is 0 Å². The van der Waals surface area contributed by atoms with Crippen molar-refractivity contribution in [2.75, 3.05) is 20.4 Å². The van der Waals surface area contributed by atoms with Gasteiger partial charge in [-0.25, -0.2) is 4.79 Å². The minimum Gasteiger partial charge on any atom is -0.497 e. The Morgan fingerprint density at radius 1 is 1.00 bits per heavy atom. The summed E-state index contributed by atoms with van der Waals surface area (Å²) in [4.78, 5) is 14.4. The molecule has 0 saturated heterocycles. The highest BCUT2D eigenvalue weighted by Crippen LogP contribution is 2.32. The number of rotatable bonds is 6. The molecule has 6 heteroatoms. The number of carbonyl (C=O) groups excluding carboxylic acids is 1. The number of hydrogen-bond donors (Lipinski definition) is 1. The van der Waals surface area contributed by atoms with Crippen molar-refractivity contribution in [3.8, 4) is 17.2 Å². The fourth-order valence-corrected chi connectivity index (χ4v) is 3.39. The van der Waals surface area contributed by atoms with Crippen molar-refractivity contribution in [1.82, 2.24) is 10.2 Å². The summed E-state index contributed by atoms with van der Waals surface area (Å²) in [6, 6.07) is 17.8. The number of hydrogen-bond acceptors (Lipinski definition) is 4. The lowest BCUT2D eigenvalue weighted by Crippen LogP contribution is -2.39. The van der Waals surface area contributed by atoms with Gasteiger partial charge >= 0.3 is 6.03 Å². The van der Waals surface area contributed by atoms with Crippen molar-refractivity contribution in [1.29, 1.82) is 0 Å². The van der Waals surface area contributed by atoms with Crippen LogP contribution in [-0.4, -0.2) is 31.4 Å². The molecule has 1 N–H and O–H groups in total. The Labute approximate surface area is 170 Å². The van der Waals surface area contributed by atoms with Gasteiger partial charge in [-0.05, 0) is 59.2 Å². The summed E-state index contributed by atoms with van der Waals surface area (Å²) in [5, 5.41) is 5.24. The van der Waals surface area contributed by atoms with Crippen LogP contribution in [0.2, 0.25) is 0 Å². The summed E-state index contributed by atoms with van der Waals surface area (Å²) in [5.41, 5.74) is 2.06. The Kier molecular flexibility index (Phi) is 5.42. The molecule has 4 rings (SSSR count). The largest absolute Gasteiger partial charge is 0.497 e. The first kappa shape index (κ1) is 18.9. The first-order valence-electron chi connectivity index (χ1n) is 9.64. The molecule has 1 aliphatic rings. The molecule has 0 aliphatic carbocycles. The normalized spacial score (nSPS) is 12.1. The fourth-order valence-electron chi connectivity index (χ4n) is 3.39. The lowest BCUT2D eigenvalue weighted by atomic mass is 10.1. The van der Waals surface area contributed by atoms with Crippen LogP contribution in [0.5, 0.6) is 17.2 Å². The van der Waals surface area contributed by atoms with E-state index in [1.54, 1.807) is 12.0 Å². The number of fused-ring (bicyclic) bond motifs is 2. The highest BCUT2D eigenvalue weighted by Gasteiger charge is 2.16. The van der Waals surface area contributed by atoms with Crippen molar-refractivity contribution < 1.29 is 19.0 Å². The van der Waals surface area contributed by atoms with E-state index in [-0.39, 0.29) is 12.8 Å². The predicted molar refractivity (Wildman–Crippen MR) is 111 cm³/mol. The minimum atomic E-state index is -0.0972. The van der Waals surface area contributed by atoms with Crippen molar-refractivity contribution in [3.63, 3.8) is 0 Å². The van der Waals surface area contributed by atoms with E-state index < -0.39 is 0 Å². The van der Waals surface area contributed by atoms with Gasteiger partial charge in [0.05, 0.1) is 7.11 Å². The second kappa shape index (κ2) is 8.31. The third-order valence-corrected chi connectivity index (χ3v) is 5.03. The molecule has 0 fully saturated rings. The smallest absolute Gasteiger partial charge is 0.317 e. The van der Waals surface area contributed by atoms with E-state index in [0.29, 0.717) is 19.6 Å². The first-order valence-corrected chi connectivity index (χ1v) is 9.64. The first-order chi connectivity index (χ1) is 14.2. The van der Waals surface area contributed by atoms with Crippen LogP contribution < -0.4 is 19.5 Å². The average molecular weight is 392 g/mol. The van der Waals surface area contributed by atoms with Crippen molar-refractivity contribution in [3.05, 3.63) is 65.7 Å². The molecule has 3 aromatic rings. The number of carbonyl (C=O) groups is 1. The second-order valence-electron chi connectivity index (χ2n) is 6.91. The highest BCUT2D eigenvalue weighted by molar-refractivity contribution is 5.84. The van der Waals surface area contributed by atoms with Gasteiger partial charge in [0.15, 0.2) is 11.5 Å². The van der Waals surface area contributed by atoms with E-state index >= 15 is 0 Å². The van der Waals surface area contributed by atoms with Gasteiger partial charge < -0.3 is 24.4 Å². The summed E-state index contributed by atoms with van der Waals surface area (Å²) in [6.45, 7) is 3.80. The molecule has 0 spiro atoms. The SMILES string of the molecule is CCN(Cc1ccc2c(c1)OCO2)C(=O)NCc1ccc2cc(OC)ccc2c1. The van der Waals surface area contributed by atoms with Crippen LogP contribution in [-0.2, 0) is 13.1 Å². The zero-order chi connectivity index (χ0) is 20.2. The number of benzene rings is 3. The molecule has 2 amide bonds. The maximum Gasteiger partial charge on any atom is 0.317 e. The summed E-state index contributed by atoms with van der Waals surface area (Å²) in [7, 11) is 1.66. The fraction of sp³-hybridized carbons (Fsp3) is 0.261. The Hall–Kier alpha value is -3.41. The van der Waals surface area contributed by atoms with Crippen molar-refractivity contribution >= 4 is 16.8 Å². The standard InChI is InChI=1S/C23H24N2O4/c1-3-25(14-17-5-9-21-22(11-17)29-15-28-21)23(26)24-13-16-4-6-19-12-20(27-2)8-7-18(19)10-16/h4-12H,3,13-15H2,1-2H3,(H,24,26). The Bertz CT molecular complexity index is 1030. The summed E-state index contributed by atoms with van der Waals surface area (Å²) in [5.74, 6) is 2.31. The molecule has 6 nitrogen and oxygen atoms in total. The third kappa shape index (κ3) is 4.21. The predicted octanol–water partition coefficient (Wildman–Crippen LogP) is 4.31. The van der Waals surface area contributed by atoms with Gasteiger partial charge in [0.1, 0.15) is 5.75 Å². The van der Waals surface area contributed by atoms with E-state index in [0.717, 1.165) is 39.1 Å². The monoisotopic (exact) mass is 392 g/mol. The molecule has 0 bridgehead atoms. The lowest BCUT2D eigenvalue weighted by molar-refractivity contribution is 0.173. The molecule has 0 saturated carbocycles. The maximum absolute atomic E-state index is 12.7. The van der Waals surface area contributed by atoms with Crippen LogP contribution in [0.1, 0.15) is 18.1 Å². The summed E-state index contributed by atoms with van der Waals surface area (Å²) < 4.78 is 16.0. The topological polar surface area (TPSA) is 60.0 Å². The summed E-state index contributed by atoms with van der Waals surface area (Å²) >= 11 is 0. The summed E-state index contributed by atoms with van der Waals surface area (Å²) in [6.07, 6.45) is 0. The quantitative estimate of drug-likeness (QED) is 0.679. The molecule has 29 heavy (non-hydrogen) atoms. The Morgan fingerprint density at radius 3 is 2.59 bits per heavy atom. The van der Waals surface area contributed by atoms with Gasteiger partial charge in [-0.3, -0.25) is 0 Å². The molecule has 1 aliphatic heterocycles. The second-order valence-corrected chi connectivity index (χ2v) is 6.91. The van der Waals surface area contributed by atoms with Crippen LogP contribution in [0, 0.1) is 0 Å². The van der Waals surface area contributed by atoms with Crippen LogP contribution in [0.3, 0.4) is 0 Å². The molecule has 150 valence electrons. The zero-order valence-electron chi connectivity index (χ0n) is 16.6. The van der Waals surface area contributed by atoms with Gasteiger partial charge in [-0.2, -0.15) is 0 Å². The van der Waals surface area contributed by atoms with Gasteiger partial charge in [0, 0.05) is 19.6 Å². The number of nitrogens with zero attached hydrogens (tertiary/aromatic N) is 1. The van der Waals surface area contributed by atoms with Crippen LogP contribution in [0.25, 0.3) is 10.8 Å². The van der Waals surface area contributed by atoms with Gasteiger partial charge in [0.25, 0.3) is 0 Å². The van der Waals surface area contributed by atoms with E-state index in [1.165, 1.54) is 0 Å². The number of nitrogens with one attached hydrogen (secondary N) is 1. The Morgan fingerprint density at radius 2 is 1.76 bits per heavy atom. The van der Waals surface area contributed by atoms with Crippen LogP contribution in [0.15, 0.2) is 54.6 Å². The van der Waals surface area contributed by atoms with E-state index in [4.69, 9.17) is 14.2 Å². The van der Waals surface area contributed by atoms with Crippen molar-refractivity contribution in [2.45, 2.75) is 20.0 Å². The molecule has 0 atom stereocenters. The number of ether oxygens (including phenoxy) is 3. The minimum absolute atomic E-state index is 0.0972. The van der Waals surface area contributed by atoms with Gasteiger partial charge in [0.2, 0.25) is 6.79 Å². The molecule has 0 radical (unpaired) electrons. The number of amides is 2. The van der Waals surface area contributed by atoms with Crippen molar-refractivity contribution in [2.24, 2.45) is 0 Å². The van der Waals surface area contributed by atoms with Crippen LogP contribution in [0.4, 0.5) is 4.79 Å². The lowest BCUT2D eigenvalue weighted by Gasteiger charge is -2.22. The number of urea groups is 1. The Balaban J connectivity index is 1.39. The molecule has 3 aromatic carbocycles. The highest BCUT2D eigenvalue weighted by atomic mass is 16.7. The molecular formula is C23H24N2O4. The average Bonchev–Trinajstić information content (AvgIpc) is 3.23. The van der Waals surface area contributed by atoms with E-state index in [1.807, 2.05) is 55.5 Å². The molecule has 0 unspecified atom stereocenters. The molecular weight excluding hydrogens is 368 g/mol. The number of methoxy groups -OCH3 is 1. The molecule has 0 aromatic heterocycles.